The Kier molecular flexibility index (Phi) is 4.45. The predicted octanol–water partition coefficient (Wildman–Crippen LogP) is 2.05. The molecular formula is C14H13N3O4. The molecule has 0 spiro atoms. The maximum Gasteiger partial charge on any atom is 0.432 e. The van der Waals surface area contributed by atoms with Gasteiger partial charge in [0.15, 0.2) is 0 Å². The number of aromatic nitrogens is 3. The topological polar surface area (TPSA) is 94.3 Å². The number of pyridine rings is 1. The lowest BCUT2D eigenvalue weighted by Crippen LogP contribution is -2.07. The van der Waals surface area contributed by atoms with E-state index >= 15 is 0 Å². The van der Waals surface area contributed by atoms with E-state index in [1.54, 1.807) is 31.5 Å². The first kappa shape index (κ1) is 14.4. The van der Waals surface area contributed by atoms with Crippen LogP contribution >= 0.6 is 0 Å². The molecule has 0 bridgehead atoms. The molecule has 2 rings (SSSR count). The lowest BCUT2D eigenvalue weighted by Gasteiger charge is -2.02. The van der Waals surface area contributed by atoms with Gasteiger partial charge in [-0.3, -0.25) is 4.98 Å². The van der Waals surface area contributed by atoms with Gasteiger partial charge < -0.3 is 9.84 Å². The van der Waals surface area contributed by atoms with Gasteiger partial charge in [-0.1, -0.05) is 0 Å². The monoisotopic (exact) mass is 287 g/mol. The van der Waals surface area contributed by atoms with E-state index in [1.807, 2.05) is 0 Å². The van der Waals surface area contributed by atoms with Crippen molar-refractivity contribution in [3.05, 3.63) is 42.5 Å². The van der Waals surface area contributed by atoms with E-state index in [9.17, 15) is 9.59 Å². The molecule has 0 aliphatic rings. The molecule has 0 aromatic carbocycles. The third-order valence-corrected chi connectivity index (χ3v) is 2.63. The molecule has 2 aromatic rings. The van der Waals surface area contributed by atoms with E-state index in [4.69, 9.17) is 9.84 Å². The number of esters is 1. The Hall–Kier alpha value is -2.96. The fraction of sp³-hybridized carbons (Fsp3) is 0.143. The molecule has 0 radical (unpaired) electrons. The highest BCUT2D eigenvalue weighted by Gasteiger charge is 2.09. The van der Waals surface area contributed by atoms with E-state index in [0.717, 1.165) is 10.2 Å². The Morgan fingerprint density at radius 1 is 1.43 bits per heavy atom. The molecule has 2 aromatic heterocycles. The van der Waals surface area contributed by atoms with E-state index in [1.165, 1.54) is 18.5 Å². The second kappa shape index (κ2) is 6.47. The molecule has 7 heteroatoms. The van der Waals surface area contributed by atoms with E-state index in [-0.39, 0.29) is 0 Å². The summed E-state index contributed by atoms with van der Waals surface area (Å²) in [5, 5.41) is 12.6. The molecule has 0 saturated heterocycles. The summed E-state index contributed by atoms with van der Waals surface area (Å²) in [6.45, 7) is 2.02. The number of nitrogens with zero attached hydrogens (tertiary/aromatic N) is 3. The molecular weight excluding hydrogens is 274 g/mol. The molecule has 1 N–H and O–H groups in total. The summed E-state index contributed by atoms with van der Waals surface area (Å²) in [7, 11) is 0. The Balaban J connectivity index is 2.32. The van der Waals surface area contributed by atoms with Crippen LogP contribution < -0.4 is 0 Å². The minimum absolute atomic E-state index is 0.300. The molecule has 0 saturated carbocycles. The van der Waals surface area contributed by atoms with Crippen molar-refractivity contribution in [3.8, 4) is 11.1 Å². The summed E-state index contributed by atoms with van der Waals surface area (Å²) in [5.41, 5.74) is 2.00. The summed E-state index contributed by atoms with van der Waals surface area (Å²) in [6.07, 6.45) is 7.67. The van der Waals surface area contributed by atoms with Crippen LogP contribution in [0.2, 0.25) is 0 Å². The van der Waals surface area contributed by atoms with Crippen LogP contribution in [0.4, 0.5) is 4.79 Å². The van der Waals surface area contributed by atoms with Crippen LogP contribution in [0.3, 0.4) is 0 Å². The molecule has 108 valence electrons. The standard InChI is InChI=1S/C14H13N3O4/c1-2-21-13(18)4-3-10-7-15-6-5-12(10)11-8-16-17(9-11)14(19)20/h3-9H,2H2,1H3,(H,19,20). The number of hydrogen-bond acceptors (Lipinski definition) is 5. The zero-order valence-corrected chi connectivity index (χ0v) is 11.3. The molecule has 0 unspecified atom stereocenters. The fourth-order valence-electron chi connectivity index (χ4n) is 1.72. The number of hydrogen-bond donors (Lipinski definition) is 1. The second-order valence-corrected chi connectivity index (χ2v) is 4.00. The first-order chi connectivity index (χ1) is 10.1. The van der Waals surface area contributed by atoms with Crippen LogP contribution in [0, 0.1) is 0 Å². The molecule has 7 nitrogen and oxygen atoms in total. The summed E-state index contributed by atoms with van der Waals surface area (Å²) in [5.74, 6) is -0.450. The van der Waals surface area contributed by atoms with Crippen molar-refractivity contribution in [3.63, 3.8) is 0 Å². The highest BCUT2D eigenvalue weighted by molar-refractivity contribution is 5.89. The smallest absolute Gasteiger partial charge is 0.432 e. The van der Waals surface area contributed by atoms with Crippen molar-refractivity contribution in [2.45, 2.75) is 6.92 Å². The summed E-state index contributed by atoms with van der Waals surface area (Å²) in [4.78, 5) is 26.2. The van der Waals surface area contributed by atoms with E-state index in [2.05, 4.69) is 10.1 Å². The normalized spacial score (nSPS) is 10.7. The average molecular weight is 287 g/mol. The van der Waals surface area contributed by atoms with Gasteiger partial charge in [-0.2, -0.15) is 9.78 Å². The number of carbonyl (C=O) groups excluding carboxylic acids is 1. The van der Waals surface area contributed by atoms with Crippen molar-refractivity contribution in [2.24, 2.45) is 0 Å². The predicted molar refractivity (Wildman–Crippen MR) is 74.5 cm³/mol. The Morgan fingerprint density at radius 3 is 2.90 bits per heavy atom. The maximum absolute atomic E-state index is 11.3. The minimum atomic E-state index is -1.17. The molecule has 0 aliphatic heterocycles. The fourth-order valence-corrected chi connectivity index (χ4v) is 1.72. The maximum atomic E-state index is 11.3. The van der Waals surface area contributed by atoms with Crippen LogP contribution in [-0.4, -0.2) is 38.5 Å². The van der Waals surface area contributed by atoms with Gasteiger partial charge in [-0.05, 0) is 24.6 Å². The van der Waals surface area contributed by atoms with Crippen LogP contribution in [0.5, 0.6) is 0 Å². The zero-order valence-electron chi connectivity index (χ0n) is 11.3. The van der Waals surface area contributed by atoms with E-state index < -0.39 is 12.1 Å². The SMILES string of the molecule is CCOC(=O)C=Cc1cnccc1-c1cnn(C(=O)O)c1. The second-order valence-electron chi connectivity index (χ2n) is 4.00. The largest absolute Gasteiger partial charge is 0.463 e. The van der Waals surface area contributed by atoms with Gasteiger partial charge in [0.25, 0.3) is 0 Å². The van der Waals surface area contributed by atoms with Gasteiger partial charge in [-0.15, -0.1) is 0 Å². The van der Waals surface area contributed by atoms with Crippen molar-refractivity contribution in [1.82, 2.24) is 14.8 Å². The van der Waals surface area contributed by atoms with Gasteiger partial charge in [0.1, 0.15) is 0 Å². The van der Waals surface area contributed by atoms with Crippen molar-refractivity contribution in [1.29, 1.82) is 0 Å². The van der Waals surface area contributed by atoms with Crippen LogP contribution in [0.15, 0.2) is 36.9 Å². The number of rotatable bonds is 4. The van der Waals surface area contributed by atoms with Crippen molar-refractivity contribution < 1.29 is 19.4 Å². The summed E-state index contributed by atoms with van der Waals surface area (Å²) < 4.78 is 5.62. The summed E-state index contributed by atoms with van der Waals surface area (Å²) in [6, 6.07) is 1.72. The lowest BCUT2D eigenvalue weighted by molar-refractivity contribution is -0.137. The highest BCUT2D eigenvalue weighted by atomic mass is 16.5. The van der Waals surface area contributed by atoms with Crippen molar-refractivity contribution in [2.75, 3.05) is 6.61 Å². The third kappa shape index (κ3) is 3.53. The Bertz CT molecular complexity index is 691. The van der Waals surface area contributed by atoms with Crippen LogP contribution in [-0.2, 0) is 9.53 Å². The van der Waals surface area contributed by atoms with Gasteiger partial charge in [0.2, 0.25) is 0 Å². The number of carbonyl (C=O) groups is 2. The average Bonchev–Trinajstić information content (AvgIpc) is 2.95. The Morgan fingerprint density at radius 2 is 2.24 bits per heavy atom. The van der Waals surface area contributed by atoms with E-state index in [0.29, 0.717) is 17.7 Å². The van der Waals surface area contributed by atoms with Crippen molar-refractivity contribution >= 4 is 18.1 Å². The van der Waals surface area contributed by atoms with Gasteiger partial charge in [0, 0.05) is 35.8 Å². The molecule has 21 heavy (non-hydrogen) atoms. The highest BCUT2D eigenvalue weighted by Crippen LogP contribution is 2.23. The van der Waals surface area contributed by atoms with Crippen LogP contribution in [0.25, 0.3) is 17.2 Å². The zero-order chi connectivity index (χ0) is 15.2. The minimum Gasteiger partial charge on any atom is -0.463 e. The molecule has 0 fully saturated rings. The van der Waals surface area contributed by atoms with Crippen LogP contribution in [0.1, 0.15) is 12.5 Å². The first-order valence-electron chi connectivity index (χ1n) is 6.19. The lowest BCUT2D eigenvalue weighted by atomic mass is 10.1. The first-order valence-corrected chi connectivity index (χ1v) is 6.19. The summed E-state index contributed by atoms with van der Waals surface area (Å²) >= 11 is 0. The molecule has 0 amide bonds. The van der Waals surface area contributed by atoms with Gasteiger partial charge in [0.05, 0.1) is 12.8 Å². The van der Waals surface area contributed by atoms with Gasteiger partial charge in [-0.25, -0.2) is 9.59 Å². The van der Waals surface area contributed by atoms with Gasteiger partial charge >= 0.3 is 12.1 Å². The molecule has 0 aliphatic carbocycles. The Labute approximate surface area is 120 Å². The third-order valence-electron chi connectivity index (χ3n) is 2.63. The number of carboxylic acid groups (broad SMARTS) is 1. The number of ether oxygens (including phenoxy) is 1. The molecule has 0 atom stereocenters. The molecule has 2 heterocycles. The quantitative estimate of drug-likeness (QED) is 0.683.